The number of aromatic nitrogens is 3. The van der Waals surface area contributed by atoms with Gasteiger partial charge in [-0.25, -0.2) is 9.67 Å². The zero-order valence-electron chi connectivity index (χ0n) is 7.55. The van der Waals surface area contributed by atoms with Crippen LogP contribution in [0.15, 0.2) is 29.0 Å². The lowest BCUT2D eigenvalue weighted by Crippen LogP contribution is -2.00. The molecule has 1 heterocycles. The Hall–Kier alpha value is -1.87. The highest BCUT2D eigenvalue weighted by Crippen LogP contribution is 2.21. The molecule has 5 nitrogen and oxygen atoms in total. The van der Waals surface area contributed by atoms with Crippen LogP contribution < -0.4 is 5.73 Å². The second-order valence-electron chi connectivity index (χ2n) is 2.83. The van der Waals surface area contributed by atoms with E-state index in [4.69, 9.17) is 11.0 Å². The van der Waals surface area contributed by atoms with Crippen molar-refractivity contribution in [3.63, 3.8) is 0 Å². The van der Waals surface area contributed by atoms with Crippen molar-refractivity contribution >= 4 is 21.6 Å². The molecule has 6 heteroatoms. The van der Waals surface area contributed by atoms with E-state index < -0.39 is 0 Å². The summed E-state index contributed by atoms with van der Waals surface area (Å²) in [4.78, 5) is 3.80. The van der Waals surface area contributed by atoms with E-state index in [1.165, 1.54) is 11.0 Å². The number of nitrogens with zero attached hydrogens (tertiary/aromatic N) is 4. The van der Waals surface area contributed by atoms with E-state index in [0.717, 1.165) is 4.47 Å². The molecular weight excluding hydrogens is 258 g/mol. The van der Waals surface area contributed by atoms with Crippen molar-refractivity contribution in [1.29, 1.82) is 5.26 Å². The van der Waals surface area contributed by atoms with Crippen molar-refractivity contribution < 1.29 is 0 Å². The summed E-state index contributed by atoms with van der Waals surface area (Å²) in [5, 5.41) is 12.5. The predicted molar refractivity (Wildman–Crippen MR) is 58.2 cm³/mol. The number of anilines is 1. The molecule has 15 heavy (non-hydrogen) atoms. The van der Waals surface area contributed by atoms with Crippen LogP contribution in [0.5, 0.6) is 0 Å². The molecule has 74 valence electrons. The zero-order chi connectivity index (χ0) is 10.8. The van der Waals surface area contributed by atoms with Gasteiger partial charge in [-0.2, -0.15) is 5.26 Å². The second-order valence-corrected chi connectivity index (χ2v) is 3.74. The third-order valence-corrected chi connectivity index (χ3v) is 2.32. The average molecular weight is 264 g/mol. The molecule has 2 aromatic rings. The van der Waals surface area contributed by atoms with E-state index in [0.29, 0.717) is 11.4 Å². The van der Waals surface area contributed by atoms with Crippen LogP contribution >= 0.6 is 15.9 Å². The largest absolute Gasteiger partial charge is 0.397 e. The topological polar surface area (TPSA) is 80.5 Å². The Morgan fingerprint density at radius 3 is 2.93 bits per heavy atom. The highest BCUT2D eigenvalue weighted by Gasteiger charge is 2.05. The highest BCUT2D eigenvalue weighted by molar-refractivity contribution is 9.10. The van der Waals surface area contributed by atoms with Crippen molar-refractivity contribution in [2.75, 3.05) is 5.73 Å². The van der Waals surface area contributed by atoms with Crippen LogP contribution in [0, 0.1) is 11.3 Å². The van der Waals surface area contributed by atoms with Gasteiger partial charge in [0, 0.05) is 4.47 Å². The summed E-state index contributed by atoms with van der Waals surface area (Å²) >= 11 is 3.34. The lowest BCUT2D eigenvalue weighted by Gasteiger charge is -2.04. The van der Waals surface area contributed by atoms with E-state index >= 15 is 0 Å². The van der Waals surface area contributed by atoms with Gasteiger partial charge in [0.2, 0.25) is 0 Å². The maximum atomic E-state index is 8.59. The SMILES string of the molecule is N#Cc1ncn(-c2cc(Br)ccc2N)n1. The number of hydrogen-bond donors (Lipinski definition) is 1. The summed E-state index contributed by atoms with van der Waals surface area (Å²) in [5.41, 5.74) is 7.05. The zero-order valence-corrected chi connectivity index (χ0v) is 9.14. The first-order chi connectivity index (χ1) is 7.20. The summed E-state index contributed by atoms with van der Waals surface area (Å²) in [6, 6.07) is 7.26. The van der Waals surface area contributed by atoms with Crippen molar-refractivity contribution in [3.8, 4) is 11.8 Å². The van der Waals surface area contributed by atoms with Gasteiger partial charge in [-0.3, -0.25) is 0 Å². The van der Waals surface area contributed by atoms with Crippen LogP contribution in [0.3, 0.4) is 0 Å². The first-order valence-corrected chi connectivity index (χ1v) is 4.87. The van der Waals surface area contributed by atoms with E-state index in [1.54, 1.807) is 6.07 Å². The Morgan fingerprint density at radius 2 is 2.27 bits per heavy atom. The summed E-state index contributed by atoms with van der Waals surface area (Å²) in [6.45, 7) is 0. The Bertz CT molecular complexity index is 540. The van der Waals surface area contributed by atoms with Gasteiger partial charge in [-0.05, 0) is 18.2 Å². The minimum absolute atomic E-state index is 0.120. The number of rotatable bonds is 1. The van der Waals surface area contributed by atoms with Crippen molar-refractivity contribution in [2.45, 2.75) is 0 Å². The van der Waals surface area contributed by atoms with Gasteiger partial charge < -0.3 is 5.73 Å². The molecule has 0 saturated carbocycles. The van der Waals surface area contributed by atoms with Gasteiger partial charge in [0.25, 0.3) is 5.82 Å². The molecule has 0 spiro atoms. The fourth-order valence-electron chi connectivity index (χ4n) is 1.15. The van der Waals surface area contributed by atoms with Crippen LogP contribution in [-0.2, 0) is 0 Å². The third-order valence-electron chi connectivity index (χ3n) is 1.83. The smallest absolute Gasteiger partial charge is 0.252 e. The number of hydrogen-bond acceptors (Lipinski definition) is 4. The maximum absolute atomic E-state index is 8.59. The first-order valence-electron chi connectivity index (χ1n) is 4.08. The molecular formula is C9H6BrN5. The van der Waals surface area contributed by atoms with Gasteiger partial charge in [0.1, 0.15) is 12.4 Å². The molecule has 0 aliphatic heterocycles. The van der Waals surface area contributed by atoms with Crippen LogP contribution in [-0.4, -0.2) is 14.8 Å². The van der Waals surface area contributed by atoms with Crippen molar-refractivity contribution in [3.05, 3.63) is 34.8 Å². The minimum Gasteiger partial charge on any atom is -0.397 e. The Kier molecular flexibility index (Phi) is 2.39. The molecule has 0 aliphatic rings. The summed E-state index contributed by atoms with van der Waals surface area (Å²) in [7, 11) is 0. The quantitative estimate of drug-likeness (QED) is 0.791. The Balaban J connectivity index is 2.54. The lowest BCUT2D eigenvalue weighted by molar-refractivity contribution is 0.874. The minimum atomic E-state index is 0.120. The van der Waals surface area contributed by atoms with E-state index in [2.05, 4.69) is 26.0 Å². The molecule has 0 unspecified atom stereocenters. The number of nitriles is 1. The number of nitrogens with two attached hydrogens (primary N) is 1. The molecule has 0 amide bonds. The fraction of sp³-hybridized carbons (Fsp3) is 0. The van der Waals surface area contributed by atoms with Gasteiger partial charge in [-0.1, -0.05) is 15.9 Å². The number of nitrogen functional groups attached to an aromatic ring is 1. The monoisotopic (exact) mass is 263 g/mol. The van der Waals surface area contributed by atoms with Gasteiger partial charge in [0.15, 0.2) is 0 Å². The summed E-state index contributed by atoms with van der Waals surface area (Å²) in [6.07, 6.45) is 1.46. The van der Waals surface area contributed by atoms with Crippen LogP contribution in [0.25, 0.3) is 5.69 Å². The standard InChI is InChI=1S/C9H6BrN5/c10-6-1-2-7(12)8(3-6)15-5-13-9(4-11)14-15/h1-3,5H,12H2. The molecule has 0 radical (unpaired) electrons. The molecule has 0 fully saturated rings. The highest BCUT2D eigenvalue weighted by atomic mass is 79.9. The summed E-state index contributed by atoms with van der Waals surface area (Å²) < 4.78 is 2.36. The second kappa shape index (κ2) is 3.71. The number of halogens is 1. The Morgan fingerprint density at radius 1 is 1.47 bits per heavy atom. The maximum Gasteiger partial charge on any atom is 0.252 e. The first kappa shape index (κ1) is 9.68. The molecule has 0 atom stereocenters. The van der Waals surface area contributed by atoms with E-state index in [-0.39, 0.29) is 5.82 Å². The lowest BCUT2D eigenvalue weighted by atomic mass is 10.3. The van der Waals surface area contributed by atoms with Gasteiger partial charge in [-0.15, -0.1) is 5.10 Å². The molecule has 0 bridgehead atoms. The molecule has 2 rings (SSSR count). The van der Waals surface area contributed by atoms with Gasteiger partial charge in [0.05, 0.1) is 11.4 Å². The molecule has 0 saturated heterocycles. The summed E-state index contributed by atoms with van der Waals surface area (Å²) in [5.74, 6) is 0.120. The normalized spacial score (nSPS) is 9.87. The van der Waals surface area contributed by atoms with Crippen LogP contribution in [0.4, 0.5) is 5.69 Å². The fourth-order valence-corrected chi connectivity index (χ4v) is 1.49. The molecule has 2 N–H and O–H groups in total. The predicted octanol–water partition coefficient (Wildman–Crippen LogP) is 1.48. The third kappa shape index (κ3) is 1.82. The van der Waals surface area contributed by atoms with Gasteiger partial charge >= 0.3 is 0 Å². The van der Waals surface area contributed by atoms with Crippen LogP contribution in [0.2, 0.25) is 0 Å². The van der Waals surface area contributed by atoms with Crippen molar-refractivity contribution in [1.82, 2.24) is 14.8 Å². The van der Waals surface area contributed by atoms with Crippen molar-refractivity contribution in [2.24, 2.45) is 0 Å². The van der Waals surface area contributed by atoms with Crippen LogP contribution in [0.1, 0.15) is 5.82 Å². The molecule has 1 aromatic heterocycles. The van der Waals surface area contributed by atoms with E-state index in [1.807, 2.05) is 18.2 Å². The average Bonchev–Trinajstić information content (AvgIpc) is 2.70. The number of benzene rings is 1. The Labute approximate surface area is 94.3 Å². The van der Waals surface area contributed by atoms with E-state index in [9.17, 15) is 0 Å². The molecule has 0 aliphatic carbocycles. The molecule has 1 aromatic carbocycles.